The zero-order valence-electron chi connectivity index (χ0n) is 17.8. The van der Waals surface area contributed by atoms with E-state index in [1.807, 2.05) is 18.2 Å². The maximum atomic E-state index is 13.6. The molecule has 1 fully saturated rings. The predicted octanol–water partition coefficient (Wildman–Crippen LogP) is 3.46. The second-order valence-electron chi connectivity index (χ2n) is 7.49. The Hall–Kier alpha value is -2.61. The first-order chi connectivity index (χ1) is 15.1. The summed E-state index contributed by atoms with van der Waals surface area (Å²) in [5, 5.41) is 1.22. The summed E-state index contributed by atoms with van der Waals surface area (Å²) in [7, 11) is 3.18. The van der Waals surface area contributed by atoms with Crippen molar-refractivity contribution in [1.82, 2.24) is 14.5 Å². The van der Waals surface area contributed by atoms with E-state index >= 15 is 0 Å². The average Bonchev–Trinajstić information content (AvgIpc) is 2.80. The van der Waals surface area contributed by atoms with Gasteiger partial charge in [-0.1, -0.05) is 11.6 Å². The van der Waals surface area contributed by atoms with Crippen molar-refractivity contribution in [1.29, 1.82) is 0 Å². The van der Waals surface area contributed by atoms with E-state index in [0.717, 1.165) is 55.7 Å². The lowest BCUT2D eigenvalue weighted by Crippen LogP contribution is -2.37. The molecule has 1 aliphatic rings. The van der Waals surface area contributed by atoms with Crippen LogP contribution >= 0.6 is 11.6 Å². The molecule has 4 rings (SSSR count). The van der Waals surface area contributed by atoms with Gasteiger partial charge in [-0.25, -0.2) is 4.98 Å². The van der Waals surface area contributed by atoms with Crippen LogP contribution in [0.3, 0.4) is 0 Å². The standard InChI is InChI=1S/C23H26ClN3O4/c1-29-18-10-16(11-19(13-18)30-2)20-12-17-15-25-22(24)14-21(17)27(23(20)28)5-3-4-26-6-8-31-9-7-26/h10-15H,3-9H2,1-2H3. The molecular weight excluding hydrogens is 418 g/mol. The first-order valence-corrected chi connectivity index (χ1v) is 10.7. The second-order valence-corrected chi connectivity index (χ2v) is 7.88. The van der Waals surface area contributed by atoms with Crippen molar-refractivity contribution in [2.45, 2.75) is 13.0 Å². The van der Waals surface area contributed by atoms with Crippen LogP contribution in [0, 0.1) is 0 Å². The van der Waals surface area contributed by atoms with Crippen molar-refractivity contribution in [3.05, 3.63) is 52.0 Å². The fourth-order valence-electron chi connectivity index (χ4n) is 3.92. The number of rotatable bonds is 7. The number of hydrogen-bond acceptors (Lipinski definition) is 6. The van der Waals surface area contributed by atoms with Gasteiger partial charge in [0.05, 0.1) is 33.0 Å². The highest BCUT2D eigenvalue weighted by Gasteiger charge is 2.15. The van der Waals surface area contributed by atoms with E-state index in [9.17, 15) is 4.79 Å². The Morgan fingerprint density at radius 3 is 2.42 bits per heavy atom. The Morgan fingerprint density at radius 1 is 1.03 bits per heavy atom. The number of nitrogens with zero attached hydrogens (tertiary/aromatic N) is 3. The van der Waals surface area contributed by atoms with E-state index in [0.29, 0.717) is 28.8 Å². The number of methoxy groups -OCH3 is 2. The Labute approximate surface area is 186 Å². The summed E-state index contributed by atoms with van der Waals surface area (Å²) in [5.41, 5.74) is 2.01. The van der Waals surface area contributed by atoms with Crippen LogP contribution in [0.2, 0.25) is 5.15 Å². The van der Waals surface area contributed by atoms with Crippen LogP contribution in [0.1, 0.15) is 6.42 Å². The van der Waals surface area contributed by atoms with Crippen molar-refractivity contribution < 1.29 is 14.2 Å². The van der Waals surface area contributed by atoms with Crippen LogP contribution in [0.15, 0.2) is 41.3 Å². The molecule has 1 saturated heterocycles. The van der Waals surface area contributed by atoms with Gasteiger partial charge in [0.2, 0.25) is 0 Å². The molecule has 1 aliphatic heterocycles. The van der Waals surface area contributed by atoms with E-state index in [2.05, 4.69) is 9.88 Å². The van der Waals surface area contributed by atoms with Gasteiger partial charge in [0.1, 0.15) is 16.7 Å². The van der Waals surface area contributed by atoms with Crippen molar-refractivity contribution >= 4 is 22.5 Å². The monoisotopic (exact) mass is 443 g/mol. The number of hydrogen-bond donors (Lipinski definition) is 0. The SMILES string of the molecule is COc1cc(OC)cc(-c2cc3cnc(Cl)cc3n(CCCN3CCOCC3)c2=O)c1. The third kappa shape index (κ3) is 4.84. The van der Waals surface area contributed by atoms with Crippen LogP contribution in [0.4, 0.5) is 0 Å². The van der Waals surface area contributed by atoms with Crippen LogP contribution in [0.5, 0.6) is 11.5 Å². The third-order valence-electron chi connectivity index (χ3n) is 5.57. The van der Waals surface area contributed by atoms with Gasteiger partial charge in [0, 0.05) is 49.4 Å². The largest absolute Gasteiger partial charge is 0.497 e. The highest BCUT2D eigenvalue weighted by Crippen LogP contribution is 2.30. The normalized spacial score (nSPS) is 14.7. The molecule has 0 spiro atoms. The quantitative estimate of drug-likeness (QED) is 0.521. The van der Waals surface area contributed by atoms with Gasteiger partial charge >= 0.3 is 0 Å². The highest BCUT2D eigenvalue weighted by atomic mass is 35.5. The molecule has 0 aliphatic carbocycles. The van der Waals surface area contributed by atoms with Crippen molar-refractivity contribution in [3.63, 3.8) is 0 Å². The number of benzene rings is 1. The minimum atomic E-state index is -0.0768. The summed E-state index contributed by atoms with van der Waals surface area (Å²) in [4.78, 5) is 20.1. The van der Waals surface area contributed by atoms with Gasteiger partial charge in [0.25, 0.3) is 5.56 Å². The van der Waals surface area contributed by atoms with Crippen LogP contribution in [-0.2, 0) is 11.3 Å². The van der Waals surface area contributed by atoms with E-state index in [4.69, 9.17) is 25.8 Å². The van der Waals surface area contributed by atoms with Gasteiger partial charge in [-0.05, 0) is 36.2 Å². The Bertz CT molecular complexity index is 1100. The molecule has 0 amide bonds. The topological polar surface area (TPSA) is 65.8 Å². The zero-order valence-corrected chi connectivity index (χ0v) is 18.5. The third-order valence-corrected chi connectivity index (χ3v) is 5.77. The summed E-state index contributed by atoms with van der Waals surface area (Å²) < 4.78 is 18.0. The summed E-state index contributed by atoms with van der Waals surface area (Å²) in [5.74, 6) is 1.25. The number of fused-ring (bicyclic) bond motifs is 1. The van der Waals surface area contributed by atoms with Crippen molar-refractivity contribution in [2.24, 2.45) is 0 Å². The maximum Gasteiger partial charge on any atom is 0.258 e. The van der Waals surface area contributed by atoms with Crippen LogP contribution < -0.4 is 15.0 Å². The molecule has 31 heavy (non-hydrogen) atoms. The van der Waals surface area contributed by atoms with Gasteiger partial charge in [-0.2, -0.15) is 0 Å². The zero-order chi connectivity index (χ0) is 21.8. The lowest BCUT2D eigenvalue weighted by molar-refractivity contribution is 0.0369. The molecule has 3 heterocycles. The summed E-state index contributed by atoms with van der Waals surface area (Å²) in [6.07, 6.45) is 2.55. The van der Waals surface area contributed by atoms with Crippen molar-refractivity contribution in [2.75, 3.05) is 47.1 Å². The molecule has 3 aromatic rings. The number of aromatic nitrogens is 2. The molecule has 1 aromatic carbocycles. The molecule has 0 unspecified atom stereocenters. The number of ether oxygens (including phenoxy) is 3. The van der Waals surface area contributed by atoms with Gasteiger partial charge < -0.3 is 18.8 Å². The Balaban J connectivity index is 1.74. The minimum Gasteiger partial charge on any atom is -0.497 e. The highest BCUT2D eigenvalue weighted by molar-refractivity contribution is 6.30. The number of aryl methyl sites for hydroxylation is 1. The predicted molar refractivity (Wildman–Crippen MR) is 121 cm³/mol. The molecular formula is C23H26ClN3O4. The van der Waals surface area contributed by atoms with Gasteiger partial charge in [0.15, 0.2) is 0 Å². The lowest BCUT2D eigenvalue weighted by Gasteiger charge is -2.26. The van der Waals surface area contributed by atoms with Gasteiger partial charge in [-0.3, -0.25) is 9.69 Å². The van der Waals surface area contributed by atoms with E-state index in [1.54, 1.807) is 37.1 Å². The summed E-state index contributed by atoms with van der Waals surface area (Å²) >= 11 is 6.15. The van der Waals surface area contributed by atoms with Crippen molar-refractivity contribution in [3.8, 4) is 22.6 Å². The molecule has 0 atom stereocenters. The summed E-state index contributed by atoms with van der Waals surface area (Å²) in [6, 6.07) is 9.07. The van der Waals surface area contributed by atoms with E-state index < -0.39 is 0 Å². The van der Waals surface area contributed by atoms with Crippen LogP contribution in [0.25, 0.3) is 22.0 Å². The molecule has 7 nitrogen and oxygen atoms in total. The second kappa shape index (κ2) is 9.68. The molecule has 0 bridgehead atoms. The molecule has 0 radical (unpaired) electrons. The number of halogens is 1. The number of morpholine rings is 1. The smallest absolute Gasteiger partial charge is 0.258 e. The number of pyridine rings is 2. The van der Waals surface area contributed by atoms with Gasteiger partial charge in [-0.15, -0.1) is 0 Å². The van der Waals surface area contributed by atoms with E-state index in [-0.39, 0.29) is 5.56 Å². The molecule has 0 saturated carbocycles. The fourth-order valence-corrected chi connectivity index (χ4v) is 4.07. The van der Waals surface area contributed by atoms with Crippen LogP contribution in [-0.4, -0.2) is 61.5 Å². The molecule has 8 heteroatoms. The Morgan fingerprint density at radius 2 is 1.74 bits per heavy atom. The summed E-state index contributed by atoms with van der Waals surface area (Å²) in [6.45, 7) is 4.87. The molecule has 164 valence electrons. The van der Waals surface area contributed by atoms with E-state index in [1.165, 1.54) is 0 Å². The lowest BCUT2D eigenvalue weighted by atomic mass is 10.0. The first kappa shape index (κ1) is 21.6. The fraction of sp³-hybridized carbons (Fsp3) is 0.391. The maximum absolute atomic E-state index is 13.6. The Kier molecular flexibility index (Phi) is 6.75. The minimum absolute atomic E-state index is 0.0768. The molecule has 0 N–H and O–H groups in total. The molecule has 2 aromatic heterocycles. The first-order valence-electron chi connectivity index (χ1n) is 10.3. The average molecular weight is 444 g/mol.